The molecule has 0 saturated heterocycles. The molecule has 0 bridgehead atoms. The standard InChI is InChI=1S/C53H48N2/c1-5-6-7-17-39-18-12-25-46(36-39)55(52-31-16-22-41-20-9-11-29-50(41)52)48-27-14-24-43(38-48)42-23-13-26-47(37-42)54(45-34-32-44(33-35-45)53(2,3)4)51-30-15-21-40-19-8-10-28-49(40)51/h5,8-16,18-38H,1,6-7,17H2,2-4H3. The molecule has 0 N–H and O–H groups in total. The lowest BCUT2D eigenvalue weighted by Gasteiger charge is -2.29. The van der Waals surface area contributed by atoms with Crippen LogP contribution in [0.25, 0.3) is 32.7 Å². The molecule has 2 nitrogen and oxygen atoms in total. The van der Waals surface area contributed by atoms with Crippen LogP contribution in [0.3, 0.4) is 0 Å². The molecule has 0 spiro atoms. The highest BCUT2D eigenvalue weighted by Gasteiger charge is 2.20. The molecule has 0 atom stereocenters. The first kappa shape index (κ1) is 35.6. The van der Waals surface area contributed by atoms with Crippen LogP contribution < -0.4 is 9.80 Å². The number of hydrogen-bond donors (Lipinski definition) is 0. The minimum Gasteiger partial charge on any atom is -0.310 e. The number of nitrogens with zero attached hydrogens (tertiary/aromatic N) is 2. The van der Waals surface area contributed by atoms with Crippen molar-refractivity contribution in [3.8, 4) is 11.1 Å². The minimum absolute atomic E-state index is 0.0699. The monoisotopic (exact) mass is 712 g/mol. The first-order valence-electron chi connectivity index (χ1n) is 19.4. The molecule has 0 saturated carbocycles. The molecule has 0 aromatic heterocycles. The summed E-state index contributed by atoms with van der Waals surface area (Å²) in [5, 5.41) is 4.88. The quantitative estimate of drug-likeness (QED) is 0.0973. The summed E-state index contributed by atoms with van der Waals surface area (Å²) in [6, 6.07) is 66.6. The van der Waals surface area contributed by atoms with Crippen molar-refractivity contribution >= 4 is 55.7 Å². The fourth-order valence-electron chi connectivity index (χ4n) is 7.72. The molecular formula is C53H48N2. The zero-order chi connectivity index (χ0) is 37.8. The van der Waals surface area contributed by atoms with Crippen molar-refractivity contribution in [2.45, 2.75) is 45.4 Å². The van der Waals surface area contributed by atoms with Crippen molar-refractivity contribution < 1.29 is 0 Å². The minimum atomic E-state index is 0.0699. The second kappa shape index (κ2) is 15.5. The second-order valence-electron chi connectivity index (χ2n) is 15.4. The van der Waals surface area contributed by atoms with Crippen LogP contribution in [0.2, 0.25) is 0 Å². The lowest BCUT2D eigenvalue weighted by Crippen LogP contribution is -2.13. The number of benzene rings is 8. The Hall–Kier alpha value is -6.38. The number of hydrogen-bond acceptors (Lipinski definition) is 2. The van der Waals surface area contributed by atoms with E-state index in [9.17, 15) is 0 Å². The Kier molecular flexibility index (Phi) is 10.1. The first-order valence-corrected chi connectivity index (χ1v) is 19.4. The zero-order valence-corrected chi connectivity index (χ0v) is 32.1. The number of allylic oxidation sites excluding steroid dienone is 1. The van der Waals surface area contributed by atoms with Gasteiger partial charge >= 0.3 is 0 Å². The highest BCUT2D eigenvalue weighted by Crippen LogP contribution is 2.43. The van der Waals surface area contributed by atoms with Crippen LogP contribution in [0.5, 0.6) is 0 Å². The normalized spacial score (nSPS) is 11.5. The molecule has 270 valence electrons. The van der Waals surface area contributed by atoms with Crippen molar-refractivity contribution in [1.29, 1.82) is 0 Å². The molecule has 8 aromatic carbocycles. The number of aryl methyl sites for hydroxylation is 1. The largest absolute Gasteiger partial charge is 0.310 e. The van der Waals surface area contributed by atoms with Gasteiger partial charge in [0, 0.05) is 33.5 Å². The number of unbranched alkanes of at least 4 members (excludes halogenated alkanes) is 1. The summed E-state index contributed by atoms with van der Waals surface area (Å²) in [6.07, 6.45) is 5.13. The SMILES string of the molecule is C=CCCCc1cccc(N(c2cccc(-c3cccc(N(c4ccc(C(C)(C)C)cc4)c4cccc5ccccc45)c3)c2)c2cccc3ccccc23)c1. The highest BCUT2D eigenvalue weighted by atomic mass is 15.1. The van der Waals surface area contributed by atoms with E-state index in [0.717, 1.165) is 64.5 Å². The molecule has 0 fully saturated rings. The summed E-state index contributed by atoms with van der Waals surface area (Å²) in [5.74, 6) is 0. The summed E-state index contributed by atoms with van der Waals surface area (Å²) in [4.78, 5) is 4.83. The average Bonchev–Trinajstić information content (AvgIpc) is 3.22. The summed E-state index contributed by atoms with van der Waals surface area (Å²) < 4.78 is 0. The van der Waals surface area contributed by atoms with E-state index in [1.54, 1.807) is 0 Å². The van der Waals surface area contributed by atoms with Gasteiger partial charge in [-0.3, -0.25) is 0 Å². The molecule has 0 unspecified atom stereocenters. The van der Waals surface area contributed by atoms with Crippen LogP contribution in [0, 0.1) is 0 Å². The summed E-state index contributed by atoms with van der Waals surface area (Å²) in [5.41, 5.74) is 11.9. The first-order chi connectivity index (χ1) is 26.9. The molecule has 0 aliphatic heterocycles. The van der Waals surface area contributed by atoms with Crippen molar-refractivity contribution in [3.63, 3.8) is 0 Å². The van der Waals surface area contributed by atoms with Crippen LogP contribution in [0.15, 0.2) is 195 Å². The van der Waals surface area contributed by atoms with Crippen molar-refractivity contribution in [3.05, 3.63) is 206 Å². The summed E-state index contributed by atoms with van der Waals surface area (Å²) in [6.45, 7) is 10.7. The van der Waals surface area contributed by atoms with E-state index >= 15 is 0 Å². The predicted octanol–water partition coefficient (Wildman–Crippen LogP) is 15.4. The fourth-order valence-corrected chi connectivity index (χ4v) is 7.72. The third kappa shape index (κ3) is 7.54. The van der Waals surface area contributed by atoms with Gasteiger partial charge in [0.2, 0.25) is 0 Å². The van der Waals surface area contributed by atoms with Crippen LogP contribution in [0.1, 0.15) is 44.7 Å². The Bertz CT molecular complexity index is 2580. The van der Waals surface area contributed by atoms with E-state index in [4.69, 9.17) is 0 Å². The maximum absolute atomic E-state index is 3.94. The molecule has 0 aliphatic carbocycles. The molecule has 8 aromatic rings. The third-order valence-electron chi connectivity index (χ3n) is 10.6. The van der Waals surface area contributed by atoms with E-state index in [1.165, 1.54) is 32.7 Å². The highest BCUT2D eigenvalue weighted by molar-refractivity contribution is 6.00. The smallest absolute Gasteiger partial charge is 0.0540 e. The predicted molar refractivity (Wildman–Crippen MR) is 238 cm³/mol. The van der Waals surface area contributed by atoms with E-state index in [1.807, 2.05) is 6.08 Å². The Morgan fingerprint density at radius 3 is 1.49 bits per heavy atom. The van der Waals surface area contributed by atoms with Gasteiger partial charge in [0.1, 0.15) is 0 Å². The third-order valence-corrected chi connectivity index (χ3v) is 10.6. The molecule has 55 heavy (non-hydrogen) atoms. The van der Waals surface area contributed by atoms with Crippen molar-refractivity contribution in [2.24, 2.45) is 0 Å². The molecule has 2 heteroatoms. The number of rotatable bonds is 11. The van der Waals surface area contributed by atoms with Gasteiger partial charge < -0.3 is 9.80 Å². The van der Waals surface area contributed by atoms with Gasteiger partial charge in [-0.15, -0.1) is 6.58 Å². The Morgan fingerprint density at radius 1 is 0.473 bits per heavy atom. The van der Waals surface area contributed by atoms with Crippen molar-refractivity contribution in [2.75, 3.05) is 9.80 Å². The number of anilines is 6. The van der Waals surface area contributed by atoms with E-state index in [0.29, 0.717) is 0 Å². The van der Waals surface area contributed by atoms with Gasteiger partial charge in [-0.05, 0) is 118 Å². The van der Waals surface area contributed by atoms with Gasteiger partial charge in [0.05, 0.1) is 11.4 Å². The summed E-state index contributed by atoms with van der Waals surface area (Å²) in [7, 11) is 0. The van der Waals surface area contributed by atoms with Gasteiger partial charge in [-0.2, -0.15) is 0 Å². The topological polar surface area (TPSA) is 6.48 Å². The van der Waals surface area contributed by atoms with Gasteiger partial charge in [0.25, 0.3) is 0 Å². The van der Waals surface area contributed by atoms with Gasteiger partial charge in [-0.1, -0.05) is 148 Å². The Labute approximate surface area is 326 Å². The maximum atomic E-state index is 3.94. The molecule has 0 heterocycles. The molecule has 0 amide bonds. The molecule has 8 rings (SSSR count). The lowest BCUT2D eigenvalue weighted by molar-refractivity contribution is 0.590. The summed E-state index contributed by atoms with van der Waals surface area (Å²) >= 11 is 0. The fraction of sp³-hybridized carbons (Fsp3) is 0.132. The van der Waals surface area contributed by atoms with E-state index in [2.05, 4.69) is 219 Å². The van der Waals surface area contributed by atoms with E-state index < -0.39 is 0 Å². The zero-order valence-electron chi connectivity index (χ0n) is 32.1. The van der Waals surface area contributed by atoms with Crippen LogP contribution in [0.4, 0.5) is 34.1 Å². The Balaban J connectivity index is 1.25. The second-order valence-corrected chi connectivity index (χ2v) is 15.4. The molecule has 0 aliphatic rings. The Morgan fingerprint density at radius 2 is 0.945 bits per heavy atom. The lowest BCUT2D eigenvalue weighted by atomic mass is 9.87. The van der Waals surface area contributed by atoms with Crippen LogP contribution >= 0.6 is 0 Å². The molecule has 0 radical (unpaired) electrons. The van der Waals surface area contributed by atoms with E-state index in [-0.39, 0.29) is 5.41 Å². The van der Waals surface area contributed by atoms with Crippen LogP contribution in [-0.2, 0) is 11.8 Å². The van der Waals surface area contributed by atoms with Crippen molar-refractivity contribution in [1.82, 2.24) is 0 Å². The van der Waals surface area contributed by atoms with Gasteiger partial charge in [0.15, 0.2) is 0 Å². The molecular weight excluding hydrogens is 665 g/mol. The average molecular weight is 713 g/mol. The van der Waals surface area contributed by atoms with Gasteiger partial charge in [-0.25, -0.2) is 0 Å². The number of fused-ring (bicyclic) bond motifs is 2. The maximum Gasteiger partial charge on any atom is 0.0540 e. The van der Waals surface area contributed by atoms with Crippen LogP contribution in [-0.4, -0.2) is 0 Å².